The molecule has 2 aromatic carbocycles. The van der Waals surface area contributed by atoms with Gasteiger partial charge in [0.15, 0.2) is 5.78 Å². The molecule has 138 valence electrons. The highest BCUT2D eigenvalue weighted by atomic mass is 79.9. The summed E-state index contributed by atoms with van der Waals surface area (Å²) >= 11 is 3.50. The maximum Gasteiger partial charge on any atom is 0.165 e. The minimum atomic E-state index is -0.0456. The van der Waals surface area contributed by atoms with Crippen molar-refractivity contribution >= 4 is 21.7 Å². The van der Waals surface area contributed by atoms with Crippen LogP contribution in [-0.4, -0.2) is 17.5 Å². The predicted octanol–water partition coefficient (Wildman–Crippen LogP) is 6.07. The number of hydrogen-bond acceptors (Lipinski definition) is 2. The third-order valence-corrected chi connectivity index (χ3v) is 5.67. The van der Waals surface area contributed by atoms with Gasteiger partial charge in [-0.25, -0.2) is 0 Å². The molecule has 0 saturated heterocycles. The van der Waals surface area contributed by atoms with Crippen LogP contribution < -0.4 is 4.74 Å². The van der Waals surface area contributed by atoms with E-state index >= 15 is 0 Å². The van der Waals surface area contributed by atoms with E-state index in [0.29, 0.717) is 6.42 Å². The fourth-order valence-electron chi connectivity index (χ4n) is 3.89. The van der Waals surface area contributed by atoms with E-state index in [1.54, 1.807) is 7.11 Å². The Balaban J connectivity index is 1.99. The number of methoxy groups -OCH3 is 1. The molecule has 1 aliphatic carbocycles. The molecule has 0 saturated carbocycles. The van der Waals surface area contributed by atoms with Gasteiger partial charge in [-0.1, -0.05) is 48.0 Å². The second-order valence-electron chi connectivity index (χ2n) is 7.87. The van der Waals surface area contributed by atoms with Gasteiger partial charge in [-0.05, 0) is 47.7 Å². The van der Waals surface area contributed by atoms with Crippen LogP contribution in [0.15, 0.2) is 59.1 Å². The zero-order valence-electron chi connectivity index (χ0n) is 15.8. The molecule has 0 aliphatic heterocycles. The van der Waals surface area contributed by atoms with Gasteiger partial charge in [0, 0.05) is 33.9 Å². The van der Waals surface area contributed by atoms with Gasteiger partial charge in [-0.15, -0.1) is 0 Å². The number of aromatic nitrogens is 1. The standard InChI is InChI=1S/C23H22BrNO2/c1-23(2)13-21-19(22(26)14-23)12-20(15-7-9-16(24)10-8-15)25(21)17-5-4-6-18(11-17)27-3/h4-12H,13-14H2,1-3H3. The van der Waals surface area contributed by atoms with Crippen LogP contribution in [0.5, 0.6) is 5.75 Å². The number of benzene rings is 2. The monoisotopic (exact) mass is 423 g/mol. The van der Waals surface area contributed by atoms with Gasteiger partial charge in [-0.2, -0.15) is 0 Å². The Kier molecular flexibility index (Phi) is 4.47. The highest BCUT2D eigenvalue weighted by molar-refractivity contribution is 9.10. The first kappa shape index (κ1) is 18.1. The largest absolute Gasteiger partial charge is 0.497 e. The highest BCUT2D eigenvalue weighted by Crippen LogP contribution is 2.40. The Hall–Kier alpha value is -2.33. The van der Waals surface area contributed by atoms with Gasteiger partial charge in [-0.3, -0.25) is 4.79 Å². The molecule has 1 aromatic heterocycles. The number of ether oxygens (including phenoxy) is 1. The van der Waals surface area contributed by atoms with Crippen molar-refractivity contribution in [1.82, 2.24) is 4.57 Å². The molecule has 3 aromatic rings. The van der Waals surface area contributed by atoms with Gasteiger partial charge in [0.1, 0.15) is 5.75 Å². The molecule has 0 unspecified atom stereocenters. The van der Waals surface area contributed by atoms with Crippen LogP contribution in [0, 0.1) is 5.41 Å². The maximum atomic E-state index is 12.9. The van der Waals surface area contributed by atoms with E-state index in [-0.39, 0.29) is 11.2 Å². The first-order valence-electron chi connectivity index (χ1n) is 9.06. The molecule has 0 radical (unpaired) electrons. The second kappa shape index (κ2) is 6.68. The molecule has 1 heterocycles. The average molecular weight is 424 g/mol. The lowest BCUT2D eigenvalue weighted by molar-refractivity contribution is 0.0911. The topological polar surface area (TPSA) is 31.2 Å². The molecular formula is C23H22BrNO2. The van der Waals surface area contributed by atoms with E-state index in [1.807, 2.05) is 30.3 Å². The summed E-state index contributed by atoms with van der Waals surface area (Å²) in [6, 6.07) is 18.3. The summed E-state index contributed by atoms with van der Waals surface area (Å²) in [6.45, 7) is 4.33. The van der Waals surface area contributed by atoms with Crippen LogP contribution >= 0.6 is 15.9 Å². The van der Waals surface area contributed by atoms with Gasteiger partial charge in [0.05, 0.1) is 12.8 Å². The van der Waals surface area contributed by atoms with Crippen LogP contribution in [0.25, 0.3) is 16.9 Å². The molecule has 3 nitrogen and oxygen atoms in total. The number of carbonyl (C=O) groups excluding carboxylic acids is 1. The fourth-order valence-corrected chi connectivity index (χ4v) is 4.15. The molecule has 0 N–H and O–H groups in total. The number of ketones is 1. The molecule has 0 spiro atoms. The third kappa shape index (κ3) is 3.34. The van der Waals surface area contributed by atoms with Crippen LogP contribution in [0.3, 0.4) is 0 Å². The van der Waals surface area contributed by atoms with Gasteiger partial charge in [0.25, 0.3) is 0 Å². The van der Waals surface area contributed by atoms with Crippen LogP contribution in [0.2, 0.25) is 0 Å². The zero-order chi connectivity index (χ0) is 19.2. The minimum Gasteiger partial charge on any atom is -0.497 e. The summed E-state index contributed by atoms with van der Waals surface area (Å²) in [4.78, 5) is 12.9. The minimum absolute atomic E-state index is 0.0456. The summed E-state index contributed by atoms with van der Waals surface area (Å²) in [7, 11) is 1.67. The number of carbonyl (C=O) groups is 1. The predicted molar refractivity (Wildman–Crippen MR) is 112 cm³/mol. The lowest BCUT2D eigenvalue weighted by Gasteiger charge is -2.30. The molecule has 1 aliphatic rings. The van der Waals surface area contributed by atoms with E-state index in [9.17, 15) is 4.79 Å². The van der Waals surface area contributed by atoms with Crippen molar-refractivity contribution in [3.8, 4) is 22.7 Å². The van der Waals surface area contributed by atoms with E-state index in [2.05, 4.69) is 58.6 Å². The van der Waals surface area contributed by atoms with Gasteiger partial charge in [0.2, 0.25) is 0 Å². The Morgan fingerprint density at radius 2 is 1.78 bits per heavy atom. The van der Waals surface area contributed by atoms with E-state index in [4.69, 9.17) is 4.74 Å². The molecule has 0 fully saturated rings. The zero-order valence-corrected chi connectivity index (χ0v) is 17.3. The number of hydrogen-bond donors (Lipinski definition) is 0. The van der Waals surface area contributed by atoms with E-state index in [1.165, 1.54) is 0 Å². The Labute approximate surface area is 168 Å². The first-order chi connectivity index (χ1) is 12.9. The molecule has 0 bridgehead atoms. The summed E-state index contributed by atoms with van der Waals surface area (Å²) in [6.07, 6.45) is 1.45. The van der Waals surface area contributed by atoms with Gasteiger partial charge < -0.3 is 9.30 Å². The Morgan fingerprint density at radius 3 is 2.48 bits per heavy atom. The normalized spacial score (nSPS) is 15.5. The summed E-state index contributed by atoms with van der Waals surface area (Å²) < 4.78 is 8.69. The molecule has 0 amide bonds. The summed E-state index contributed by atoms with van der Waals surface area (Å²) in [5.41, 5.74) is 5.01. The Morgan fingerprint density at radius 1 is 1.04 bits per heavy atom. The molecule has 0 atom stereocenters. The van der Waals surface area contributed by atoms with Crippen molar-refractivity contribution in [2.75, 3.05) is 7.11 Å². The molecule has 4 heteroatoms. The van der Waals surface area contributed by atoms with Crippen molar-refractivity contribution < 1.29 is 9.53 Å². The molecule has 4 rings (SSSR count). The smallest absolute Gasteiger partial charge is 0.165 e. The number of fused-ring (bicyclic) bond motifs is 1. The van der Waals surface area contributed by atoms with Crippen molar-refractivity contribution in [2.24, 2.45) is 5.41 Å². The first-order valence-corrected chi connectivity index (χ1v) is 9.85. The lowest BCUT2D eigenvalue weighted by atomic mass is 9.76. The van der Waals surface area contributed by atoms with Crippen molar-refractivity contribution in [1.29, 1.82) is 0 Å². The fraction of sp³-hybridized carbons (Fsp3) is 0.261. The highest BCUT2D eigenvalue weighted by Gasteiger charge is 2.35. The number of nitrogens with zero attached hydrogens (tertiary/aromatic N) is 1. The van der Waals surface area contributed by atoms with Crippen molar-refractivity contribution in [3.63, 3.8) is 0 Å². The van der Waals surface area contributed by atoms with Crippen molar-refractivity contribution in [2.45, 2.75) is 26.7 Å². The number of Topliss-reactive ketones (excluding diaryl/α,β-unsaturated/α-hetero) is 1. The van der Waals surface area contributed by atoms with Crippen LogP contribution in [0.4, 0.5) is 0 Å². The van der Waals surface area contributed by atoms with E-state index in [0.717, 1.165) is 44.8 Å². The number of rotatable bonds is 3. The maximum absolute atomic E-state index is 12.9. The van der Waals surface area contributed by atoms with Gasteiger partial charge >= 0.3 is 0 Å². The van der Waals surface area contributed by atoms with Crippen molar-refractivity contribution in [3.05, 3.63) is 70.3 Å². The Bertz CT molecular complexity index is 1020. The van der Waals surface area contributed by atoms with E-state index < -0.39 is 0 Å². The quantitative estimate of drug-likeness (QED) is 0.511. The summed E-state index contributed by atoms with van der Waals surface area (Å²) in [5, 5.41) is 0. The SMILES string of the molecule is COc1cccc(-n2c(-c3ccc(Br)cc3)cc3c2CC(C)(C)CC3=O)c1. The van der Waals surface area contributed by atoms with Crippen LogP contribution in [0.1, 0.15) is 36.3 Å². The molecule has 27 heavy (non-hydrogen) atoms. The number of halogens is 1. The third-order valence-electron chi connectivity index (χ3n) is 5.14. The molecular weight excluding hydrogens is 402 g/mol. The average Bonchev–Trinajstić information content (AvgIpc) is 3.00. The van der Waals surface area contributed by atoms with Crippen LogP contribution in [-0.2, 0) is 6.42 Å². The second-order valence-corrected chi connectivity index (χ2v) is 8.79. The lowest BCUT2D eigenvalue weighted by Crippen LogP contribution is -2.27. The summed E-state index contributed by atoms with van der Waals surface area (Å²) in [5.74, 6) is 1.03.